The zero-order valence-corrected chi connectivity index (χ0v) is 14.4. The van der Waals surface area contributed by atoms with Crippen LogP contribution in [-0.2, 0) is 9.59 Å². The maximum Gasteiger partial charge on any atom is 0.228 e. The van der Waals surface area contributed by atoms with Crippen LogP contribution in [0.25, 0.3) is 0 Å². The van der Waals surface area contributed by atoms with Crippen LogP contribution in [0.4, 0.5) is 0 Å². The third-order valence-electron chi connectivity index (χ3n) is 7.03. The van der Waals surface area contributed by atoms with E-state index in [0.717, 1.165) is 50.2 Å². The molecule has 0 atom stereocenters. The number of carbonyl (C=O) groups is 2. The Bertz CT molecular complexity index is 458. The lowest BCUT2D eigenvalue weighted by molar-refractivity contribution is -0.159. The van der Waals surface area contributed by atoms with E-state index in [1.54, 1.807) is 6.92 Å². The standard InChI is InChI=1S/C19H30N2O2/c1-13(22)20-12-14-2-4-21(5-3-14)18(23)19-9-15-6-16(10-19)8-17(7-15)11-19/h14-17H,2-12H2,1H3,(H,20,22). The molecule has 4 heteroatoms. The molecule has 0 spiro atoms. The van der Waals surface area contributed by atoms with E-state index in [-0.39, 0.29) is 11.3 Å². The van der Waals surface area contributed by atoms with Crippen LogP contribution in [0.3, 0.4) is 0 Å². The highest BCUT2D eigenvalue weighted by atomic mass is 16.2. The van der Waals surface area contributed by atoms with Gasteiger partial charge in [-0.2, -0.15) is 0 Å². The minimum atomic E-state index is 0.0131. The molecule has 0 radical (unpaired) electrons. The van der Waals surface area contributed by atoms with Gasteiger partial charge in [0, 0.05) is 26.6 Å². The molecule has 4 aliphatic carbocycles. The van der Waals surface area contributed by atoms with Crippen molar-refractivity contribution in [3.8, 4) is 0 Å². The first-order chi connectivity index (χ1) is 11.0. The Kier molecular flexibility index (Phi) is 3.89. The lowest BCUT2D eigenvalue weighted by atomic mass is 9.49. The van der Waals surface area contributed by atoms with E-state index >= 15 is 0 Å². The largest absolute Gasteiger partial charge is 0.356 e. The van der Waals surface area contributed by atoms with Crippen molar-refractivity contribution >= 4 is 11.8 Å². The van der Waals surface area contributed by atoms with Crippen molar-refractivity contribution in [2.75, 3.05) is 19.6 Å². The van der Waals surface area contributed by atoms with Crippen molar-refractivity contribution in [1.29, 1.82) is 0 Å². The third-order valence-corrected chi connectivity index (χ3v) is 7.03. The van der Waals surface area contributed by atoms with Crippen LogP contribution in [-0.4, -0.2) is 36.3 Å². The number of hydrogen-bond donors (Lipinski definition) is 1. The molecule has 23 heavy (non-hydrogen) atoms. The van der Waals surface area contributed by atoms with E-state index in [0.29, 0.717) is 11.8 Å². The van der Waals surface area contributed by atoms with Gasteiger partial charge in [-0.25, -0.2) is 0 Å². The van der Waals surface area contributed by atoms with Crippen molar-refractivity contribution in [1.82, 2.24) is 10.2 Å². The molecule has 2 amide bonds. The number of piperidine rings is 1. The number of rotatable bonds is 3. The number of amides is 2. The van der Waals surface area contributed by atoms with Crippen LogP contribution < -0.4 is 5.32 Å². The summed E-state index contributed by atoms with van der Waals surface area (Å²) in [4.78, 5) is 26.5. The van der Waals surface area contributed by atoms with Gasteiger partial charge in [0.2, 0.25) is 11.8 Å². The predicted octanol–water partition coefficient (Wildman–Crippen LogP) is 2.58. The van der Waals surface area contributed by atoms with Crippen molar-refractivity contribution in [2.24, 2.45) is 29.1 Å². The fraction of sp³-hybridized carbons (Fsp3) is 0.895. The molecule has 0 aromatic carbocycles. The van der Waals surface area contributed by atoms with Crippen molar-refractivity contribution in [3.63, 3.8) is 0 Å². The van der Waals surface area contributed by atoms with Crippen LogP contribution >= 0.6 is 0 Å². The summed E-state index contributed by atoms with van der Waals surface area (Å²) in [5, 5.41) is 2.93. The molecule has 4 saturated carbocycles. The molecule has 128 valence electrons. The summed E-state index contributed by atoms with van der Waals surface area (Å²) < 4.78 is 0. The van der Waals surface area contributed by atoms with Gasteiger partial charge in [0.25, 0.3) is 0 Å². The van der Waals surface area contributed by atoms with Crippen molar-refractivity contribution in [3.05, 3.63) is 0 Å². The molecule has 4 nitrogen and oxygen atoms in total. The average Bonchev–Trinajstić information content (AvgIpc) is 2.51. The predicted molar refractivity (Wildman–Crippen MR) is 88.6 cm³/mol. The third kappa shape index (κ3) is 2.89. The molecule has 5 aliphatic rings. The van der Waals surface area contributed by atoms with E-state index < -0.39 is 0 Å². The van der Waals surface area contributed by atoms with E-state index in [1.165, 1.54) is 38.5 Å². The molecular weight excluding hydrogens is 288 g/mol. The molecule has 0 unspecified atom stereocenters. The van der Waals surface area contributed by atoms with Gasteiger partial charge >= 0.3 is 0 Å². The number of carbonyl (C=O) groups excluding carboxylic acids is 2. The summed E-state index contributed by atoms with van der Waals surface area (Å²) >= 11 is 0. The Labute approximate surface area is 139 Å². The summed E-state index contributed by atoms with van der Waals surface area (Å²) in [6.07, 6.45) is 9.77. The van der Waals surface area contributed by atoms with Crippen LogP contribution in [0.15, 0.2) is 0 Å². The molecular formula is C19H30N2O2. The van der Waals surface area contributed by atoms with Gasteiger partial charge in [0.05, 0.1) is 5.41 Å². The average molecular weight is 318 g/mol. The van der Waals surface area contributed by atoms with E-state index in [2.05, 4.69) is 10.2 Å². The smallest absolute Gasteiger partial charge is 0.228 e. The topological polar surface area (TPSA) is 49.4 Å². The first-order valence-electron chi connectivity index (χ1n) is 9.58. The van der Waals surface area contributed by atoms with Crippen LogP contribution in [0.5, 0.6) is 0 Å². The quantitative estimate of drug-likeness (QED) is 0.869. The van der Waals surface area contributed by atoms with Crippen molar-refractivity contribution in [2.45, 2.75) is 58.3 Å². The number of likely N-dealkylation sites (tertiary alicyclic amines) is 1. The summed E-state index contributed by atoms with van der Waals surface area (Å²) in [7, 11) is 0. The lowest BCUT2D eigenvalue weighted by Crippen LogP contribution is -2.56. The maximum atomic E-state index is 13.3. The van der Waals surface area contributed by atoms with Gasteiger partial charge in [-0.1, -0.05) is 0 Å². The summed E-state index contributed by atoms with van der Waals surface area (Å²) in [5.74, 6) is 3.58. The van der Waals surface area contributed by atoms with Crippen LogP contribution in [0.1, 0.15) is 58.3 Å². The molecule has 4 bridgehead atoms. The van der Waals surface area contributed by atoms with E-state index in [1.807, 2.05) is 0 Å². The molecule has 1 heterocycles. The zero-order chi connectivity index (χ0) is 16.0. The van der Waals surface area contributed by atoms with Crippen molar-refractivity contribution < 1.29 is 9.59 Å². The summed E-state index contributed by atoms with van der Waals surface area (Å²) in [6, 6.07) is 0. The Hall–Kier alpha value is -1.06. The highest BCUT2D eigenvalue weighted by molar-refractivity contribution is 5.83. The second-order valence-corrected chi connectivity index (χ2v) is 8.87. The Morgan fingerprint density at radius 2 is 1.52 bits per heavy atom. The highest BCUT2D eigenvalue weighted by Gasteiger charge is 2.55. The Morgan fingerprint density at radius 3 is 2.00 bits per heavy atom. The molecule has 0 aromatic heterocycles. The SMILES string of the molecule is CC(=O)NCC1CCN(C(=O)C23CC4CC(CC(C4)C2)C3)CC1. The van der Waals surface area contributed by atoms with Gasteiger partial charge in [-0.05, 0) is 75.0 Å². The Morgan fingerprint density at radius 1 is 1.00 bits per heavy atom. The minimum Gasteiger partial charge on any atom is -0.356 e. The second-order valence-electron chi connectivity index (χ2n) is 8.87. The molecule has 1 N–H and O–H groups in total. The highest BCUT2D eigenvalue weighted by Crippen LogP contribution is 2.60. The van der Waals surface area contributed by atoms with Crippen LogP contribution in [0, 0.1) is 29.1 Å². The number of nitrogens with zero attached hydrogens (tertiary/aromatic N) is 1. The van der Waals surface area contributed by atoms with E-state index in [4.69, 9.17) is 0 Å². The maximum absolute atomic E-state index is 13.3. The molecule has 0 aromatic rings. The van der Waals surface area contributed by atoms with Gasteiger partial charge in [-0.3, -0.25) is 9.59 Å². The normalized spacial score (nSPS) is 39.5. The number of nitrogens with one attached hydrogen (secondary N) is 1. The summed E-state index contributed by atoms with van der Waals surface area (Å²) in [5.41, 5.74) is 0.0131. The first-order valence-corrected chi connectivity index (χ1v) is 9.58. The fourth-order valence-corrected chi connectivity index (χ4v) is 6.34. The molecule has 1 aliphatic heterocycles. The molecule has 5 rings (SSSR count). The monoisotopic (exact) mass is 318 g/mol. The van der Waals surface area contributed by atoms with Gasteiger partial charge in [-0.15, -0.1) is 0 Å². The van der Waals surface area contributed by atoms with Gasteiger partial charge < -0.3 is 10.2 Å². The lowest BCUT2D eigenvalue weighted by Gasteiger charge is -2.57. The first kappa shape index (κ1) is 15.5. The Balaban J connectivity index is 1.36. The van der Waals surface area contributed by atoms with Gasteiger partial charge in [0.1, 0.15) is 0 Å². The number of hydrogen-bond acceptors (Lipinski definition) is 2. The molecule has 5 fully saturated rings. The van der Waals surface area contributed by atoms with E-state index in [9.17, 15) is 9.59 Å². The summed E-state index contributed by atoms with van der Waals surface area (Å²) in [6.45, 7) is 4.14. The zero-order valence-electron chi connectivity index (χ0n) is 14.4. The molecule has 1 saturated heterocycles. The van der Waals surface area contributed by atoms with Crippen LogP contribution in [0.2, 0.25) is 0 Å². The second kappa shape index (κ2) is 5.78. The fourth-order valence-electron chi connectivity index (χ4n) is 6.34. The minimum absolute atomic E-state index is 0.0131. The van der Waals surface area contributed by atoms with Gasteiger partial charge in [0.15, 0.2) is 0 Å².